The molecule has 23 heavy (non-hydrogen) atoms. The predicted octanol–water partition coefficient (Wildman–Crippen LogP) is 3.69. The molecule has 2 atom stereocenters. The van der Waals surface area contributed by atoms with E-state index in [4.69, 9.17) is 4.74 Å². The van der Waals surface area contributed by atoms with Gasteiger partial charge in [0, 0.05) is 18.8 Å². The van der Waals surface area contributed by atoms with E-state index in [-0.39, 0.29) is 6.04 Å². The summed E-state index contributed by atoms with van der Waals surface area (Å²) in [6.45, 7) is 2.55. The van der Waals surface area contributed by atoms with E-state index in [1.54, 1.807) is 18.4 Å². The Morgan fingerprint density at radius 2 is 2.13 bits per heavy atom. The Morgan fingerprint density at radius 3 is 2.96 bits per heavy atom. The van der Waals surface area contributed by atoms with Crippen molar-refractivity contribution in [3.63, 3.8) is 0 Å². The minimum atomic E-state index is -0.578. The summed E-state index contributed by atoms with van der Waals surface area (Å²) in [4.78, 5) is 4.46. The second kappa shape index (κ2) is 7.08. The van der Waals surface area contributed by atoms with Crippen molar-refractivity contribution >= 4 is 21.6 Å². The molecule has 0 bridgehead atoms. The number of methoxy groups -OCH3 is 1. The van der Waals surface area contributed by atoms with Crippen molar-refractivity contribution in [1.29, 1.82) is 0 Å². The second-order valence-corrected chi connectivity index (χ2v) is 6.44. The lowest BCUT2D eigenvalue weighted by Gasteiger charge is -2.18. The van der Waals surface area contributed by atoms with Crippen molar-refractivity contribution in [2.75, 3.05) is 13.7 Å². The first-order chi connectivity index (χ1) is 11.2. The number of pyridine rings is 1. The highest BCUT2D eigenvalue weighted by molar-refractivity contribution is 7.17. The standard InChI is InChI=1S/C18H20N2O2S/c1-12(14-9-18-16(20-10-14)6-7-23-18)19-11-17(21)13-4-3-5-15(8-13)22-2/h3-10,12,17,19,21H,11H2,1-2H3. The number of benzene rings is 1. The van der Waals surface area contributed by atoms with E-state index >= 15 is 0 Å². The van der Waals surface area contributed by atoms with E-state index in [0.29, 0.717) is 6.54 Å². The average Bonchev–Trinajstić information content (AvgIpc) is 3.07. The van der Waals surface area contributed by atoms with Gasteiger partial charge in [0.1, 0.15) is 5.75 Å². The molecule has 0 radical (unpaired) electrons. The van der Waals surface area contributed by atoms with Crippen molar-refractivity contribution < 1.29 is 9.84 Å². The number of aromatic nitrogens is 1. The van der Waals surface area contributed by atoms with Crippen molar-refractivity contribution in [3.05, 3.63) is 59.1 Å². The maximum absolute atomic E-state index is 10.3. The van der Waals surface area contributed by atoms with Gasteiger partial charge in [-0.1, -0.05) is 12.1 Å². The molecule has 2 unspecified atom stereocenters. The van der Waals surface area contributed by atoms with Gasteiger partial charge in [-0.15, -0.1) is 11.3 Å². The van der Waals surface area contributed by atoms with Gasteiger partial charge in [-0.05, 0) is 47.7 Å². The second-order valence-electron chi connectivity index (χ2n) is 5.49. The molecule has 5 heteroatoms. The van der Waals surface area contributed by atoms with Crippen LogP contribution in [-0.4, -0.2) is 23.7 Å². The van der Waals surface area contributed by atoms with Crippen LogP contribution in [0.25, 0.3) is 10.2 Å². The van der Waals surface area contributed by atoms with Crippen LogP contribution in [0.3, 0.4) is 0 Å². The summed E-state index contributed by atoms with van der Waals surface area (Å²) in [7, 11) is 1.62. The van der Waals surface area contributed by atoms with Crippen LogP contribution in [0.15, 0.2) is 48.0 Å². The number of fused-ring (bicyclic) bond motifs is 1. The maximum Gasteiger partial charge on any atom is 0.119 e. The quantitative estimate of drug-likeness (QED) is 0.724. The topological polar surface area (TPSA) is 54.4 Å². The first kappa shape index (κ1) is 15.9. The molecule has 3 rings (SSSR count). The molecular weight excluding hydrogens is 308 g/mol. The molecule has 2 N–H and O–H groups in total. The Hall–Kier alpha value is -1.95. The van der Waals surface area contributed by atoms with Crippen LogP contribution in [-0.2, 0) is 0 Å². The van der Waals surface area contributed by atoms with Crippen molar-refractivity contribution in [2.24, 2.45) is 0 Å². The van der Waals surface area contributed by atoms with Crippen LogP contribution < -0.4 is 10.1 Å². The lowest BCUT2D eigenvalue weighted by Crippen LogP contribution is -2.24. The molecule has 0 saturated heterocycles. The smallest absolute Gasteiger partial charge is 0.119 e. The van der Waals surface area contributed by atoms with Gasteiger partial charge >= 0.3 is 0 Å². The third-order valence-electron chi connectivity index (χ3n) is 3.92. The Morgan fingerprint density at radius 1 is 1.26 bits per heavy atom. The van der Waals surface area contributed by atoms with Gasteiger partial charge in [-0.25, -0.2) is 0 Å². The summed E-state index contributed by atoms with van der Waals surface area (Å²) in [5.41, 5.74) is 3.00. The van der Waals surface area contributed by atoms with E-state index < -0.39 is 6.10 Å². The van der Waals surface area contributed by atoms with Gasteiger partial charge in [0.2, 0.25) is 0 Å². The number of aliphatic hydroxyl groups is 1. The molecule has 120 valence electrons. The number of rotatable bonds is 6. The van der Waals surface area contributed by atoms with Crippen LogP contribution in [0.2, 0.25) is 0 Å². The molecule has 0 aliphatic rings. The number of ether oxygens (including phenoxy) is 1. The van der Waals surface area contributed by atoms with E-state index in [9.17, 15) is 5.11 Å². The zero-order valence-corrected chi connectivity index (χ0v) is 14.0. The fourth-order valence-electron chi connectivity index (χ4n) is 2.47. The molecule has 0 aliphatic heterocycles. The van der Waals surface area contributed by atoms with Gasteiger partial charge in [0.15, 0.2) is 0 Å². The van der Waals surface area contributed by atoms with Crippen LogP contribution in [0, 0.1) is 0 Å². The predicted molar refractivity (Wildman–Crippen MR) is 94.0 cm³/mol. The first-order valence-electron chi connectivity index (χ1n) is 7.56. The van der Waals surface area contributed by atoms with Crippen LogP contribution in [0.1, 0.15) is 30.2 Å². The molecule has 0 amide bonds. The molecule has 0 saturated carbocycles. The van der Waals surface area contributed by atoms with Gasteiger partial charge in [-0.3, -0.25) is 4.98 Å². The zero-order valence-electron chi connectivity index (χ0n) is 13.2. The monoisotopic (exact) mass is 328 g/mol. The fraction of sp³-hybridized carbons (Fsp3) is 0.278. The Labute approximate surface area is 139 Å². The number of nitrogens with zero attached hydrogens (tertiary/aromatic N) is 1. The first-order valence-corrected chi connectivity index (χ1v) is 8.44. The van der Waals surface area contributed by atoms with Crippen LogP contribution in [0.5, 0.6) is 5.75 Å². The fourth-order valence-corrected chi connectivity index (χ4v) is 3.26. The Balaban J connectivity index is 1.64. The minimum absolute atomic E-state index is 0.120. The number of aliphatic hydroxyl groups excluding tert-OH is 1. The van der Waals surface area contributed by atoms with Crippen molar-refractivity contribution in [2.45, 2.75) is 19.1 Å². The van der Waals surface area contributed by atoms with E-state index in [0.717, 1.165) is 22.4 Å². The molecule has 4 nitrogen and oxygen atoms in total. The number of thiophene rings is 1. The Bertz CT molecular complexity index is 787. The molecule has 3 aromatic rings. The van der Waals surface area contributed by atoms with Crippen molar-refractivity contribution in [3.8, 4) is 5.75 Å². The van der Waals surface area contributed by atoms with Crippen LogP contribution in [0.4, 0.5) is 0 Å². The summed E-state index contributed by atoms with van der Waals surface area (Å²) < 4.78 is 6.38. The van der Waals surface area contributed by atoms with Gasteiger partial charge in [-0.2, -0.15) is 0 Å². The zero-order chi connectivity index (χ0) is 16.2. The Kier molecular flexibility index (Phi) is 4.91. The van der Waals surface area contributed by atoms with Gasteiger partial charge in [0.05, 0.1) is 23.4 Å². The van der Waals surface area contributed by atoms with Gasteiger partial charge in [0.25, 0.3) is 0 Å². The molecular formula is C18H20N2O2S. The molecule has 0 fully saturated rings. The normalized spacial score (nSPS) is 13.9. The number of hydrogen-bond acceptors (Lipinski definition) is 5. The highest BCUT2D eigenvalue weighted by Crippen LogP contribution is 2.23. The lowest BCUT2D eigenvalue weighted by atomic mass is 10.1. The highest BCUT2D eigenvalue weighted by Gasteiger charge is 2.12. The van der Waals surface area contributed by atoms with Crippen LogP contribution >= 0.6 is 11.3 Å². The summed E-state index contributed by atoms with van der Waals surface area (Å²) in [6, 6.07) is 11.8. The molecule has 0 aliphatic carbocycles. The summed E-state index contributed by atoms with van der Waals surface area (Å²) >= 11 is 1.69. The lowest BCUT2D eigenvalue weighted by molar-refractivity contribution is 0.170. The summed E-state index contributed by atoms with van der Waals surface area (Å²) in [5.74, 6) is 0.752. The summed E-state index contributed by atoms with van der Waals surface area (Å²) in [5, 5.41) is 15.8. The van der Waals surface area contributed by atoms with E-state index in [2.05, 4.69) is 23.3 Å². The number of hydrogen-bond donors (Lipinski definition) is 2. The molecule has 0 spiro atoms. The molecule has 2 aromatic heterocycles. The largest absolute Gasteiger partial charge is 0.497 e. The summed E-state index contributed by atoms with van der Waals surface area (Å²) in [6.07, 6.45) is 1.32. The average molecular weight is 328 g/mol. The van der Waals surface area contributed by atoms with E-state index in [1.165, 1.54) is 4.70 Å². The minimum Gasteiger partial charge on any atom is -0.497 e. The molecule has 1 aromatic carbocycles. The highest BCUT2D eigenvalue weighted by atomic mass is 32.1. The SMILES string of the molecule is COc1cccc(C(O)CNC(C)c2cnc3ccsc3c2)c1. The maximum atomic E-state index is 10.3. The van der Waals surface area contributed by atoms with Crippen molar-refractivity contribution in [1.82, 2.24) is 10.3 Å². The third-order valence-corrected chi connectivity index (χ3v) is 4.77. The van der Waals surface area contributed by atoms with E-state index in [1.807, 2.05) is 41.9 Å². The number of nitrogens with one attached hydrogen (secondary N) is 1. The van der Waals surface area contributed by atoms with Gasteiger partial charge < -0.3 is 15.2 Å². The third kappa shape index (κ3) is 3.69. The molecule has 2 heterocycles.